The van der Waals surface area contributed by atoms with E-state index in [9.17, 15) is 9.59 Å². The molecule has 116 valence electrons. The van der Waals surface area contributed by atoms with Gasteiger partial charge in [-0.2, -0.15) is 0 Å². The number of nitrogens with one attached hydrogen (secondary N) is 2. The second-order valence-electron chi connectivity index (χ2n) is 4.88. The van der Waals surface area contributed by atoms with Gasteiger partial charge in [0.15, 0.2) is 0 Å². The predicted molar refractivity (Wildman–Crippen MR) is 85.2 cm³/mol. The highest BCUT2D eigenvalue weighted by Gasteiger charge is 2.08. The van der Waals surface area contributed by atoms with Crippen LogP contribution in [0.4, 0.5) is 4.79 Å². The zero-order chi connectivity index (χ0) is 15.7. The molecule has 0 saturated heterocycles. The molecule has 3 N–H and O–H groups in total. The summed E-state index contributed by atoms with van der Waals surface area (Å²) in [6, 6.07) is 7.53. The normalized spacial score (nSPS) is 11.7. The molecule has 0 aromatic heterocycles. The van der Waals surface area contributed by atoms with Gasteiger partial charge in [-0.05, 0) is 37.5 Å². The first kappa shape index (κ1) is 17.5. The summed E-state index contributed by atoms with van der Waals surface area (Å²) in [5, 5.41) is 14.1. The van der Waals surface area contributed by atoms with Crippen molar-refractivity contribution in [3.8, 4) is 0 Å². The van der Waals surface area contributed by atoms with Gasteiger partial charge in [0.1, 0.15) is 0 Å². The molecule has 0 aliphatic heterocycles. The summed E-state index contributed by atoms with van der Waals surface area (Å²) in [6.45, 7) is 2.48. The molecule has 5 nitrogen and oxygen atoms in total. The molecule has 6 heteroatoms. The van der Waals surface area contributed by atoms with Crippen molar-refractivity contribution < 1.29 is 14.7 Å². The van der Waals surface area contributed by atoms with Gasteiger partial charge in [0.25, 0.3) is 0 Å². The second-order valence-corrected chi connectivity index (χ2v) is 5.79. The Hall–Kier alpha value is -1.56. The maximum absolute atomic E-state index is 11.7. The standard InChI is InChI=1S/C15H21BrN2O3/c1-11(12-6-8-13(16)9-7-12)18-15(21)17-10-4-2-3-5-14(19)20/h6-9,11H,2-5,10H2,1H3,(H,19,20)(H2,17,18,21). The summed E-state index contributed by atoms with van der Waals surface area (Å²) < 4.78 is 1.00. The van der Waals surface area contributed by atoms with Gasteiger partial charge in [-0.25, -0.2) is 4.79 Å². The molecule has 1 aromatic carbocycles. The number of halogens is 1. The van der Waals surface area contributed by atoms with E-state index in [2.05, 4.69) is 26.6 Å². The van der Waals surface area contributed by atoms with E-state index in [1.807, 2.05) is 31.2 Å². The van der Waals surface area contributed by atoms with Gasteiger partial charge in [-0.3, -0.25) is 4.79 Å². The molecule has 1 unspecified atom stereocenters. The largest absolute Gasteiger partial charge is 0.481 e. The van der Waals surface area contributed by atoms with Crippen molar-refractivity contribution in [3.63, 3.8) is 0 Å². The highest BCUT2D eigenvalue weighted by atomic mass is 79.9. The van der Waals surface area contributed by atoms with Crippen molar-refractivity contribution in [1.82, 2.24) is 10.6 Å². The third-order valence-corrected chi connectivity index (χ3v) is 3.60. The van der Waals surface area contributed by atoms with Gasteiger partial charge in [0.05, 0.1) is 6.04 Å². The molecular formula is C15H21BrN2O3. The molecule has 0 aliphatic rings. The fraction of sp³-hybridized carbons (Fsp3) is 0.467. The van der Waals surface area contributed by atoms with Crippen LogP contribution >= 0.6 is 15.9 Å². The van der Waals surface area contributed by atoms with Crippen LogP contribution in [-0.4, -0.2) is 23.7 Å². The van der Waals surface area contributed by atoms with Gasteiger partial charge in [-0.1, -0.05) is 34.5 Å². The van der Waals surface area contributed by atoms with Crippen molar-refractivity contribution in [3.05, 3.63) is 34.3 Å². The van der Waals surface area contributed by atoms with Crippen LogP contribution in [0.1, 0.15) is 44.2 Å². The van der Waals surface area contributed by atoms with Crippen LogP contribution in [0.2, 0.25) is 0 Å². The summed E-state index contributed by atoms with van der Waals surface area (Å²) in [7, 11) is 0. The molecular weight excluding hydrogens is 336 g/mol. The minimum absolute atomic E-state index is 0.0647. The van der Waals surface area contributed by atoms with Crippen molar-refractivity contribution >= 4 is 27.9 Å². The molecule has 0 bridgehead atoms. The second kappa shape index (κ2) is 9.39. The lowest BCUT2D eigenvalue weighted by molar-refractivity contribution is -0.137. The van der Waals surface area contributed by atoms with E-state index in [1.54, 1.807) is 0 Å². The first-order valence-electron chi connectivity index (χ1n) is 7.00. The number of rotatable bonds is 8. The Morgan fingerprint density at radius 2 is 1.86 bits per heavy atom. The van der Waals surface area contributed by atoms with Crippen LogP contribution in [-0.2, 0) is 4.79 Å². The van der Waals surface area contributed by atoms with E-state index in [-0.39, 0.29) is 18.5 Å². The molecule has 1 rings (SSSR count). The number of urea groups is 1. The number of carboxylic acid groups (broad SMARTS) is 1. The van der Waals surface area contributed by atoms with Gasteiger partial charge in [0.2, 0.25) is 0 Å². The zero-order valence-corrected chi connectivity index (χ0v) is 13.6. The summed E-state index contributed by atoms with van der Waals surface area (Å²) >= 11 is 3.37. The summed E-state index contributed by atoms with van der Waals surface area (Å²) in [5.74, 6) is -0.774. The third-order valence-electron chi connectivity index (χ3n) is 3.07. The first-order chi connectivity index (χ1) is 9.99. The van der Waals surface area contributed by atoms with Crippen molar-refractivity contribution in [2.24, 2.45) is 0 Å². The van der Waals surface area contributed by atoms with Gasteiger partial charge in [-0.15, -0.1) is 0 Å². The Kier molecular flexibility index (Phi) is 7.82. The van der Waals surface area contributed by atoms with Crippen LogP contribution in [0.25, 0.3) is 0 Å². The molecule has 2 amide bonds. The van der Waals surface area contributed by atoms with Gasteiger partial charge >= 0.3 is 12.0 Å². The molecule has 1 aromatic rings. The van der Waals surface area contributed by atoms with E-state index in [4.69, 9.17) is 5.11 Å². The van der Waals surface area contributed by atoms with Crippen LogP contribution in [0.5, 0.6) is 0 Å². The van der Waals surface area contributed by atoms with E-state index in [0.717, 1.165) is 22.9 Å². The highest BCUT2D eigenvalue weighted by Crippen LogP contribution is 2.16. The number of carbonyl (C=O) groups excluding carboxylic acids is 1. The van der Waals surface area contributed by atoms with E-state index < -0.39 is 5.97 Å². The van der Waals surface area contributed by atoms with Crippen LogP contribution < -0.4 is 10.6 Å². The van der Waals surface area contributed by atoms with E-state index in [1.165, 1.54) is 0 Å². The molecule has 0 spiro atoms. The monoisotopic (exact) mass is 356 g/mol. The molecule has 0 saturated carbocycles. The molecule has 0 aliphatic carbocycles. The quantitative estimate of drug-likeness (QED) is 0.624. The Morgan fingerprint density at radius 3 is 2.48 bits per heavy atom. The molecule has 0 heterocycles. The number of hydrogen-bond donors (Lipinski definition) is 3. The molecule has 21 heavy (non-hydrogen) atoms. The summed E-state index contributed by atoms with van der Waals surface area (Å²) in [5.41, 5.74) is 1.04. The summed E-state index contributed by atoms with van der Waals surface area (Å²) in [4.78, 5) is 22.0. The maximum atomic E-state index is 11.7. The highest BCUT2D eigenvalue weighted by molar-refractivity contribution is 9.10. The Morgan fingerprint density at radius 1 is 1.19 bits per heavy atom. The number of unbranched alkanes of at least 4 members (excludes halogenated alkanes) is 2. The minimum Gasteiger partial charge on any atom is -0.481 e. The smallest absolute Gasteiger partial charge is 0.315 e. The third kappa shape index (κ3) is 7.70. The van der Waals surface area contributed by atoms with Crippen molar-refractivity contribution in [1.29, 1.82) is 0 Å². The topological polar surface area (TPSA) is 78.4 Å². The number of aliphatic carboxylic acids is 1. The van der Waals surface area contributed by atoms with E-state index in [0.29, 0.717) is 13.0 Å². The number of benzene rings is 1. The van der Waals surface area contributed by atoms with Gasteiger partial charge < -0.3 is 15.7 Å². The Bertz CT molecular complexity index is 462. The van der Waals surface area contributed by atoms with Crippen LogP contribution in [0, 0.1) is 0 Å². The number of carbonyl (C=O) groups is 2. The lowest BCUT2D eigenvalue weighted by Gasteiger charge is -2.15. The number of amides is 2. The van der Waals surface area contributed by atoms with Gasteiger partial charge in [0, 0.05) is 17.4 Å². The first-order valence-corrected chi connectivity index (χ1v) is 7.80. The molecule has 1 atom stereocenters. The molecule has 0 fully saturated rings. The average molecular weight is 357 g/mol. The maximum Gasteiger partial charge on any atom is 0.315 e. The van der Waals surface area contributed by atoms with Crippen molar-refractivity contribution in [2.75, 3.05) is 6.54 Å². The van der Waals surface area contributed by atoms with E-state index >= 15 is 0 Å². The summed E-state index contributed by atoms with van der Waals surface area (Å²) in [6.07, 6.45) is 2.42. The fourth-order valence-corrected chi connectivity index (χ4v) is 2.13. The Labute approximate surface area is 133 Å². The lowest BCUT2D eigenvalue weighted by atomic mass is 10.1. The minimum atomic E-state index is -0.774. The number of hydrogen-bond acceptors (Lipinski definition) is 2. The van der Waals surface area contributed by atoms with Crippen molar-refractivity contribution in [2.45, 2.75) is 38.6 Å². The predicted octanol–water partition coefficient (Wildman–Crippen LogP) is 3.45. The number of carboxylic acids is 1. The molecule has 0 radical (unpaired) electrons. The lowest BCUT2D eigenvalue weighted by Crippen LogP contribution is -2.37. The Balaban J connectivity index is 2.18. The average Bonchev–Trinajstić information content (AvgIpc) is 2.43. The van der Waals surface area contributed by atoms with Crippen LogP contribution in [0.15, 0.2) is 28.7 Å². The zero-order valence-electron chi connectivity index (χ0n) is 12.1. The van der Waals surface area contributed by atoms with Crippen LogP contribution in [0.3, 0.4) is 0 Å². The SMILES string of the molecule is CC(NC(=O)NCCCCCC(=O)O)c1ccc(Br)cc1. The fourth-order valence-electron chi connectivity index (χ4n) is 1.86.